The molecule has 0 saturated carbocycles. The Hall–Kier alpha value is -0.200. The van der Waals surface area contributed by atoms with E-state index in [1.165, 1.54) is 103 Å². The molecule has 0 spiro atoms. The van der Waals surface area contributed by atoms with E-state index in [9.17, 15) is 29.4 Å². The van der Waals surface area contributed by atoms with E-state index in [0.29, 0.717) is 39.4 Å². The van der Waals surface area contributed by atoms with Gasteiger partial charge in [-0.25, -0.2) is 0 Å². The molecule has 0 aliphatic carbocycles. The largest absolute Gasteiger partial charge is 1.00 e. The number of nitrogens with one attached hydrogen (secondary N) is 2. The van der Waals surface area contributed by atoms with Crippen LogP contribution in [0.1, 0.15) is 168 Å². The maximum Gasteiger partial charge on any atom is 1.00 e. The number of carboxylic acid groups (broad SMARTS) is 2. The molecule has 0 aliphatic rings. The topological polar surface area (TPSA) is 157 Å². The molecular formula is C36H68N2Na2O8. The summed E-state index contributed by atoms with van der Waals surface area (Å²) < 4.78 is 10.3. The van der Waals surface area contributed by atoms with Gasteiger partial charge in [-0.1, -0.05) is 129 Å². The van der Waals surface area contributed by atoms with Gasteiger partial charge in [0.25, 0.3) is 0 Å². The summed E-state index contributed by atoms with van der Waals surface area (Å²) in [7, 11) is 0. The summed E-state index contributed by atoms with van der Waals surface area (Å²) in [5, 5.41) is 26.1. The molecule has 0 amide bonds. The van der Waals surface area contributed by atoms with E-state index in [0.717, 1.165) is 25.7 Å². The normalized spacial score (nSPS) is 10.2. The number of ether oxygens (including phenoxy) is 2. The molecule has 0 saturated heterocycles. The minimum absolute atomic E-state index is 0. The number of carbonyl (C=O) groups excluding carboxylic acids is 4. The fourth-order valence-corrected chi connectivity index (χ4v) is 4.71. The van der Waals surface area contributed by atoms with Crippen molar-refractivity contribution in [1.29, 1.82) is 0 Å². The van der Waals surface area contributed by atoms with E-state index in [1.807, 2.05) is 0 Å². The predicted octanol–water partition coefficient (Wildman–Crippen LogP) is -0.852. The quantitative estimate of drug-likeness (QED) is 0.0492. The van der Waals surface area contributed by atoms with Crippen LogP contribution in [0, 0.1) is 0 Å². The Bertz CT molecular complexity index is 659. The van der Waals surface area contributed by atoms with Crippen LogP contribution in [0.5, 0.6) is 0 Å². The Morgan fingerprint density at radius 2 is 0.667 bits per heavy atom. The number of rotatable bonds is 34. The van der Waals surface area contributed by atoms with Crippen molar-refractivity contribution >= 4 is 23.9 Å². The maximum absolute atomic E-state index is 11.4. The van der Waals surface area contributed by atoms with E-state index in [-0.39, 0.29) is 96.7 Å². The van der Waals surface area contributed by atoms with Crippen molar-refractivity contribution in [1.82, 2.24) is 10.6 Å². The molecule has 0 fully saturated rings. The average molecular weight is 703 g/mol. The Morgan fingerprint density at radius 1 is 0.417 bits per heavy atom. The Labute approximate surface area is 337 Å². The number of hydrogen-bond donors (Lipinski definition) is 2. The molecule has 12 heteroatoms. The first-order valence-corrected chi connectivity index (χ1v) is 18.5. The van der Waals surface area contributed by atoms with Gasteiger partial charge in [-0.15, -0.1) is 0 Å². The summed E-state index contributed by atoms with van der Waals surface area (Å²) in [6.07, 6.45) is 25.7. The minimum atomic E-state index is -1.08. The predicted molar refractivity (Wildman–Crippen MR) is 180 cm³/mol. The monoisotopic (exact) mass is 702 g/mol. The molecule has 272 valence electrons. The average Bonchev–Trinajstić information content (AvgIpc) is 3.02. The summed E-state index contributed by atoms with van der Waals surface area (Å²) >= 11 is 0. The molecule has 0 heterocycles. The molecule has 0 atom stereocenters. The molecule has 0 aromatic heterocycles. The number of carboxylic acids is 2. The maximum atomic E-state index is 11.4. The first-order valence-electron chi connectivity index (χ1n) is 18.5. The summed E-state index contributed by atoms with van der Waals surface area (Å²) in [6.45, 7) is 7.01. The zero-order valence-electron chi connectivity index (χ0n) is 31.5. The van der Waals surface area contributed by atoms with Crippen molar-refractivity contribution in [3.8, 4) is 0 Å². The van der Waals surface area contributed by atoms with Crippen molar-refractivity contribution in [2.45, 2.75) is 168 Å². The number of unbranched alkanes of at least 4 members (excludes halogenated alkanes) is 18. The van der Waals surface area contributed by atoms with Crippen LogP contribution in [0.25, 0.3) is 0 Å². The summed E-state index contributed by atoms with van der Waals surface area (Å²) in [6, 6.07) is 0. The molecule has 2 N–H and O–H groups in total. The molecule has 0 bridgehead atoms. The summed E-state index contributed by atoms with van der Waals surface area (Å²) in [4.78, 5) is 43.2. The van der Waals surface area contributed by atoms with E-state index in [2.05, 4.69) is 24.5 Å². The number of aliphatic carboxylic acids is 2. The zero-order chi connectivity index (χ0) is 34.4. The SMILES string of the molecule is CCCCCCCCCCCCOC(=O)CCNCCC(=O)[O-].CCCCCCCCCCCCOC(=O)CCNCCC(=O)[O-].[Na+].[Na+]. The molecular weight excluding hydrogens is 634 g/mol. The smallest absolute Gasteiger partial charge is 0.550 e. The summed E-state index contributed by atoms with van der Waals surface area (Å²) in [5.74, 6) is -2.61. The number of esters is 2. The van der Waals surface area contributed by atoms with Crippen LogP contribution in [-0.2, 0) is 28.7 Å². The van der Waals surface area contributed by atoms with Crippen molar-refractivity contribution in [2.75, 3.05) is 39.4 Å². The van der Waals surface area contributed by atoms with Crippen LogP contribution < -0.4 is 80.0 Å². The van der Waals surface area contributed by atoms with Gasteiger partial charge in [0.2, 0.25) is 0 Å². The number of carbonyl (C=O) groups is 4. The van der Waals surface area contributed by atoms with Gasteiger partial charge in [0, 0.05) is 38.1 Å². The molecule has 0 aliphatic heterocycles. The van der Waals surface area contributed by atoms with Gasteiger partial charge >= 0.3 is 71.1 Å². The molecule has 0 rings (SSSR count). The second kappa shape index (κ2) is 46.8. The van der Waals surface area contributed by atoms with Crippen LogP contribution in [0.4, 0.5) is 0 Å². The van der Waals surface area contributed by atoms with Gasteiger partial charge in [-0.3, -0.25) is 9.59 Å². The second-order valence-electron chi connectivity index (χ2n) is 12.0. The van der Waals surface area contributed by atoms with Gasteiger partial charge in [0.15, 0.2) is 0 Å². The third-order valence-corrected chi connectivity index (χ3v) is 7.55. The first kappa shape index (κ1) is 54.6. The fourth-order valence-electron chi connectivity index (χ4n) is 4.71. The van der Waals surface area contributed by atoms with Crippen molar-refractivity contribution in [2.24, 2.45) is 0 Å². The van der Waals surface area contributed by atoms with Crippen LogP contribution in [0.15, 0.2) is 0 Å². The fraction of sp³-hybridized carbons (Fsp3) is 0.889. The molecule has 0 aromatic rings. The minimum Gasteiger partial charge on any atom is -0.550 e. The standard InChI is InChI=1S/2C18H35NO4.2Na/c2*1-2-3-4-5-6-7-8-9-10-11-16-23-18(22)13-15-19-14-12-17(20)21;;/h2*19H,2-16H2,1H3,(H,20,21);;/q;;2*+1/p-2. The van der Waals surface area contributed by atoms with Crippen molar-refractivity contribution < 1.29 is 98.0 Å². The van der Waals surface area contributed by atoms with Crippen molar-refractivity contribution in [3.63, 3.8) is 0 Å². The van der Waals surface area contributed by atoms with Crippen LogP contribution in [0.3, 0.4) is 0 Å². The zero-order valence-corrected chi connectivity index (χ0v) is 35.5. The van der Waals surface area contributed by atoms with Gasteiger partial charge < -0.3 is 39.9 Å². The van der Waals surface area contributed by atoms with Gasteiger partial charge in [0.1, 0.15) is 0 Å². The van der Waals surface area contributed by atoms with Gasteiger partial charge in [-0.2, -0.15) is 0 Å². The third-order valence-electron chi connectivity index (χ3n) is 7.55. The molecule has 0 unspecified atom stereocenters. The molecule has 10 nitrogen and oxygen atoms in total. The van der Waals surface area contributed by atoms with E-state index >= 15 is 0 Å². The Kier molecular flexibility index (Phi) is 53.2. The van der Waals surface area contributed by atoms with Gasteiger partial charge in [0.05, 0.1) is 26.1 Å². The van der Waals surface area contributed by atoms with Crippen molar-refractivity contribution in [3.05, 3.63) is 0 Å². The van der Waals surface area contributed by atoms with Crippen LogP contribution >= 0.6 is 0 Å². The first-order chi connectivity index (χ1) is 22.3. The molecule has 0 radical (unpaired) electrons. The summed E-state index contributed by atoms with van der Waals surface area (Å²) in [5.41, 5.74) is 0. The van der Waals surface area contributed by atoms with Gasteiger partial charge in [-0.05, 0) is 25.7 Å². The Balaban J connectivity index is -0.000000387. The van der Waals surface area contributed by atoms with E-state index in [1.54, 1.807) is 0 Å². The Morgan fingerprint density at radius 3 is 0.938 bits per heavy atom. The van der Waals surface area contributed by atoms with E-state index < -0.39 is 11.9 Å². The molecule has 0 aromatic carbocycles. The molecule has 48 heavy (non-hydrogen) atoms. The third kappa shape index (κ3) is 52.6. The second-order valence-corrected chi connectivity index (χ2v) is 12.0. The van der Waals surface area contributed by atoms with Crippen LogP contribution in [0.2, 0.25) is 0 Å². The van der Waals surface area contributed by atoms with Crippen LogP contribution in [-0.4, -0.2) is 63.3 Å². The van der Waals surface area contributed by atoms with E-state index in [4.69, 9.17) is 9.47 Å². The number of hydrogen-bond acceptors (Lipinski definition) is 10.